The van der Waals surface area contributed by atoms with Gasteiger partial charge in [-0.1, -0.05) is 35.9 Å². The van der Waals surface area contributed by atoms with Crippen molar-refractivity contribution in [2.45, 2.75) is 19.5 Å². The lowest BCUT2D eigenvalue weighted by Crippen LogP contribution is -2.29. The number of carbonyl (C=O) groups excluding carboxylic acids is 2. The summed E-state index contributed by atoms with van der Waals surface area (Å²) in [6, 6.07) is 15.9. The third kappa shape index (κ3) is 4.17. The summed E-state index contributed by atoms with van der Waals surface area (Å²) >= 11 is 0. The normalized spacial score (nSPS) is 17.4. The van der Waals surface area contributed by atoms with Crippen molar-refractivity contribution in [3.8, 4) is 11.5 Å². The predicted octanol–water partition coefficient (Wildman–Crippen LogP) is 4.47. The number of aryl methyl sites for hydroxylation is 1. The molecule has 0 radical (unpaired) electrons. The Morgan fingerprint density at radius 3 is 2.45 bits per heavy atom. The molecule has 0 aliphatic carbocycles. The number of benzene rings is 3. The van der Waals surface area contributed by atoms with Gasteiger partial charge >= 0.3 is 0 Å². The first-order chi connectivity index (χ1) is 15.8. The fourth-order valence-electron chi connectivity index (χ4n) is 4.02. The molecule has 1 heterocycles. The summed E-state index contributed by atoms with van der Waals surface area (Å²) < 4.78 is 18.7. The van der Waals surface area contributed by atoms with E-state index in [1.165, 1.54) is 48.4 Å². The highest BCUT2D eigenvalue weighted by molar-refractivity contribution is 6.46. The van der Waals surface area contributed by atoms with Crippen LogP contribution in [-0.2, 0) is 16.1 Å². The zero-order valence-electron chi connectivity index (χ0n) is 18.1. The van der Waals surface area contributed by atoms with Crippen molar-refractivity contribution in [1.82, 2.24) is 4.90 Å². The minimum atomic E-state index is -0.965. The molecule has 0 bridgehead atoms. The first-order valence-corrected chi connectivity index (χ1v) is 10.3. The fourth-order valence-corrected chi connectivity index (χ4v) is 4.02. The summed E-state index contributed by atoms with van der Waals surface area (Å²) in [6.45, 7) is 1.84. The van der Waals surface area contributed by atoms with E-state index in [1.807, 2.05) is 6.92 Å². The van der Waals surface area contributed by atoms with Crippen LogP contribution in [0.3, 0.4) is 0 Å². The molecule has 2 N–H and O–H groups in total. The van der Waals surface area contributed by atoms with Crippen LogP contribution < -0.4 is 4.74 Å². The molecule has 1 unspecified atom stereocenters. The van der Waals surface area contributed by atoms with Crippen LogP contribution in [0.2, 0.25) is 0 Å². The maximum absolute atomic E-state index is 13.4. The summed E-state index contributed by atoms with van der Waals surface area (Å²) in [5, 5.41) is 21.3. The largest absolute Gasteiger partial charge is 0.508 e. The molecule has 0 aromatic heterocycles. The number of aliphatic hydroxyl groups is 1. The molecular weight excluding hydrogens is 425 g/mol. The number of nitrogens with zero attached hydrogens (tertiary/aromatic N) is 1. The van der Waals surface area contributed by atoms with Gasteiger partial charge in [0.1, 0.15) is 23.1 Å². The number of amides is 1. The van der Waals surface area contributed by atoms with Crippen LogP contribution in [0.25, 0.3) is 5.76 Å². The summed E-state index contributed by atoms with van der Waals surface area (Å²) in [4.78, 5) is 27.5. The molecule has 1 aliphatic rings. The summed E-state index contributed by atoms with van der Waals surface area (Å²) in [7, 11) is 1.45. The molecule has 1 fully saturated rings. The number of hydrogen-bond donors (Lipinski definition) is 2. The molecule has 0 spiro atoms. The zero-order chi connectivity index (χ0) is 23.7. The van der Waals surface area contributed by atoms with Gasteiger partial charge in [-0.15, -0.1) is 0 Å². The van der Waals surface area contributed by atoms with E-state index in [0.717, 1.165) is 5.56 Å². The Bertz CT molecular complexity index is 1270. The number of hydrogen-bond acceptors (Lipinski definition) is 5. The first-order valence-electron chi connectivity index (χ1n) is 10.3. The second-order valence-electron chi connectivity index (χ2n) is 7.85. The molecule has 0 saturated carbocycles. The summed E-state index contributed by atoms with van der Waals surface area (Å²) in [6.07, 6.45) is 0. The summed E-state index contributed by atoms with van der Waals surface area (Å²) in [5.74, 6) is -2.15. The third-order valence-corrected chi connectivity index (χ3v) is 5.60. The van der Waals surface area contributed by atoms with Crippen molar-refractivity contribution in [1.29, 1.82) is 0 Å². The van der Waals surface area contributed by atoms with E-state index in [-0.39, 0.29) is 29.2 Å². The van der Waals surface area contributed by atoms with E-state index < -0.39 is 23.5 Å². The van der Waals surface area contributed by atoms with E-state index in [0.29, 0.717) is 16.9 Å². The van der Waals surface area contributed by atoms with Crippen LogP contribution in [-0.4, -0.2) is 33.9 Å². The third-order valence-electron chi connectivity index (χ3n) is 5.60. The molecule has 3 aromatic rings. The van der Waals surface area contributed by atoms with Gasteiger partial charge in [-0.05, 0) is 54.4 Å². The Morgan fingerprint density at radius 1 is 1.06 bits per heavy atom. The number of aliphatic hydroxyl groups excluding tert-OH is 1. The molecule has 3 aromatic carbocycles. The van der Waals surface area contributed by atoms with E-state index in [2.05, 4.69) is 0 Å². The van der Waals surface area contributed by atoms with Crippen molar-refractivity contribution in [3.05, 3.63) is 100 Å². The molecule has 1 amide bonds. The topological polar surface area (TPSA) is 87.1 Å². The van der Waals surface area contributed by atoms with Gasteiger partial charge in [0.2, 0.25) is 0 Å². The van der Waals surface area contributed by atoms with Crippen molar-refractivity contribution >= 4 is 17.4 Å². The molecular formula is C26H22FNO5. The molecule has 7 heteroatoms. The van der Waals surface area contributed by atoms with Crippen LogP contribution in [0.1, 0.15) is 28.3 Å². The number of phenols is 1. The lowest BCUT2D eigenvalue weighted by atomic mass is 9.94. The quantitative estimate of drug-likeness (QED) is 0.342. The number of carbonyl (C=O) groups is 2. The Labute approximate surface area is 190 Å². The monoisotopic (exact) mass is 447 g/mol. The molecule has 1 saturated heterocycles. The van der Waals surface area contributed by atoms with Gasteiger partial charge in [0, 0.05) is 6.54 Å². The van der Waals surface area contributed by atoms with Crippen LogP contribution >= 0.6 is 0 Å². The van der Waals surface area contributed by atoms with E-state index in [1.54, 1.807) is 30.3 Å². The number of Topliss-reactive ketones (excluding diaryl/α,β-unsaturated/α-hetero) is 1. The van der Waals surface area contributed by atoms with Crippen LogP contribution in [0.5, 0.6) is 11.5 Å². The van der Waals surface area contributed by atoms with Gasteiger partial charge < -0.3 is 19.8 Å². The maximum Gasteiger partial charge on any atom is 0.295 e. The average Bonchev–Trinajstić information content (AvgIpc) is 3.05. The van der Waals surface area contributed by atoms with Gasteiger partial charge in [0.25, 0.3) is 11.7 Å². The fraction of sp³-hybridized carbons (Fsp3) is 0.154. The second-order valence-corrected chi connectivity index (χ2v) is 7.85. The molecule has 1 atom stereocenters. The lowest BCUT2D eigenvalue weighted by Gasteiger charge is -2.25. The second kappa shape index (κ2) is 8.78. The number of ether oxygens (including phenoxy) is 1. The standard InChI is InChI=1S/C26H22FNO5/c1-15-6-11-21(33-2)20(12-15)24(30)22-23(17-4-3-5-19(29)13-17)28(26(32)25(22)31)14-16-7-9-18(27)10-8-16/h3-13,23,29-30H,14H2,1-2H3/b24-22+. The maximum atomic E-state index is 13.4. The van der Waals surface area contributed by atoms with Gasteiger partial charge in [0.05, 0.1) is 24.3 Å². The van der Waals surface area contributed by atoms with Gasteiger partial charge in [-0.3, -0.25) is 9.59 Å². The van der Waals surface area contributed by atoms with Crippen LogP contribution in [0.15, 0.2) is 72.3 Å². The molecule has 168 valence electrons. The summed E-state index contributed by atoms with van der Waals surface area (Å²) in [5.41, 5.74) is 2.05. The number of ketones is 1. The molecule has 4 rings (SSSR count). The molecule has 1 aliphatic heterocycles. The minimum absolute atomic E-state index is 0.00685. The Kier molecular flexibility index (Phi) is 5.87. The predicted molar refractivity (Wildman–Crippen MR) is 120 cm³/mol. The smallest absolute Gasteiger partial charge is 0.295 e. The highest BCUT2D eigenvalue weighted by Gasteiger charge is 2.46. The van der Waals surface area contributed by atoms with Crippen LogP contribution in [0, 0.1) is 12.7 Å². The highest BCUT2D eigenvalue weighted by atomic mass is 19.1. The van der Waals surface area contributed by atoms with Crippen molar-refractivity contribution in [2.24, 2.45) is 0 Å². The SMILES string of the molecule is COc1ccc(C)cc1/C(O)=C1\C(=O)C(=O)N(Cc2ccc(F)cc2)C1c1cccc(O)c1. The number of methoxy groups -OCH3 is 1. The Morgan fingerprint density at radius 2 is 1.79 bits per heavy atom. The number of rotatable bonds is 5. The van der Waals surface area contributed by atoms with Gasteiger partial charge in [0.15, 0.2) is 0 Å². The number of phenolic OH excluding ortho intramolecular Hbond substituents is 1. The van der Waals surface area contributed by atoms with E-state index in [4.69, 9.17) is 4.74 Å². The van der Waals surface area contributed by atoms with Crippen molar-refractivity contribution in [2.75, 3.05) is 7.11 Å². The highest BCUT2D eigenvalue weighted by Crippen LogP contribution is 2.42. The number of halogens is 1. The Hall–Kier alpha value is -4.13. The van der Waals surface area contributed by atoms with Crippen LogP contribution in [0.4, 0.5) is 4.39 Å². The molecule has 33 heavy (non-hydrogen) atoms. The first kappa shape index (κ1) is 22.1. The molecule has 6 nitrogen and oxygen atoms in total. The van der Waals surface area contributed by atoms with E-state index >= 15 is 0 Å². The Balaban J connectivity index is 1.90. The average molecular weight is 447 g/mol. The minimum Gasteiger partial charge on any atom is -0.508 e. The van der Waals surface area contributed by atoms with Crippen molar-refractivity contribution in [3.63, 3.8) is 0 Å². The van der Waals surface area contributed by atoms with Crippen molar-refractivity contribution < 1.29 is 28.9 Å². The number of likely N-dealkylation sites (tertiary alicyclic amines) is 1. The lowest BCUT2D eigenvalue weighted by molar-refractivity contribution is -0.140. The number of aromatic hydroxyl groups is 1. The van der Waals surface area contributed by atoms with E-state index in [9.17, 15) is 24.2 Å². The zero-order valence-corrected chi connectivity index (χ0v) is 18.1. The van der Waals surface area contributed by atoms with Gasteiger partial charge in [-0.2, -0.15) is 0 Å². The van der Waals surface area contributed by atoms with Gasteiger partial charge in [-0.25, -0.2) is 4.39 Å².